The van der Waals surface area contributed by atoms with Crippen LogP contribution in [0.4, 0.5) is 0 Å². The summed E-state index contributed by atoms with van der Waals surface area (Å²) in [7, 11) is 0. The van der Waals surface area contributed by atoms with E-state index in [1.165, 1.54) is 33.4 Å². The van der Waals surface area contributed by atoms with Crippen LogP contribution in [0.15, 0.2) is 229 Å². The quantitative estimate of drug-likeness (QED) is 0.161. The van der Waals surface area contributed by atoms with Crippen molar-refractivity contribution in [3.63, 3.8) is 0 Å². The van der Waals surface area contributed by atoms with E-state index in [1.807, 2.05) is 72.8 Å². The van der Waals surface area contributed by atoms with Gasteiger partial charge in [-0.05, 0) is 86.0 Å². The van der Waals surface area contributed by atoms with E-state index in [0.29, 0.717) is 17.5 Å². The van der Waals surface area contributed by atoms with Gasteiger partial charge in [-0.15, -0.1) is 0 Å². The summed E-state index contributed by atoms with van der Waals surface area (Å²) in [6, 6.07) is 79.6. The summed E-state index contributed by atoms with van der Waals surface area (Å²) in [6.07, 6.45) is 0. The first-order valence-electron chi connectivity index (χ1n) is 21.0. The van der Waals surface area contributed by atoms with Gasteiger partial charge in [0.05, 0.1) is 5.41 Å². The SMILES string of the molecule is c1ccc(-c2nc(-c3ccccc3)nc(-c3cccc(-c4cccc(-c5ccc(C6(c7ccc8oc9ccccc9c8c7)c7ccccc7-c7ccccc76)cc5)c4)c3)n2)cc1. The van der Waals surface area contributed by atoms with Crippen molar-refractivity contribution in [3.05, 3.63) is 247 Å². The molecule has 0 saturated heterocycles. The highest BCUT2D eigenvalue weighted by Gasteiger charge is 2.46. The summed E-state index contributed by atoms with van der Waals surface area (Å²) in [5.74, 6) is 1.93. The Balaban J connectivity index is 0.944. The second kappa shape index (κ2) is 14.5. The maximum absolute atomic E-state index is 6.32. The lowest BCUT2D eigenvalue weighted by molar-refractivity contribution is 0.668. The normalized spacial score (nSPS) is 12.6. The van der Waals surface area contributed by atoms with Crippen molar-refractivity contribution >= 4 is 21.9 Å². The van der Waals surface area contributed by atoms with Gasteiger partial charge in [0, 0.05) is 27.5 Å². The molecule has 0 aliphatic heterocycles. The Hall–Kier alpha value is -8.21. The predicted octanol–water partition coefficient (Wildman–Crippen LogP) is 14.5. The number of furan rings is 1. The number of hydrogen-bond acceptors (Lipinski definition) is 4. The fraction of sp³-hybridized carbons (Fsp3) is 0.0172. The minimum Gasteiger partial charge on any atom is -0.456 e. The Morgan fingerprint density at radius 1 is 0.290 bits per heavy atom. The van der Waals surface area contributed by atoms with Crippen LogP contribution in [0.5, 0.6) is 0 Å². The monoisotopic (exact) mass is 791 g/mol. The third kappa shape index (κ3) is 5.80. The molecule has 290 valence electrons. The van der Waals surface area contributed by atoms with Gasteiger partial charge in [0.25, 0.3) is 0 Å². The first-order valence-corrected chi connectivity index (χ1v) is 21.0. The van der Waals surface area contributed by atoms with E-state index in [9.17, 15) is 0 Å². The minimum atomic E-state index is -0.531. The molecule has 0 fully saturated rings. The van der Waals surface area contributed by atoms with E-state index in [1.54, 1.807) is 0 Å². The maximum atomic E-state index is 6.32. The second-order valence-electron chi connectivity index (χ2n) is 15.9. The van der Waals surface area contributed by atoms with Crippen LogP contribution >= 0.6 is 0 Å². The fourth-order valence-electron chi connectivity index (χ4n) is 9.55. The zero-order valence-electron chi connectivity index (χ0n) is 33.6. The number of aromatic nitrogens is 3. The first-order chi connectivity index (χ1) is 30.7. The third-order valence-electron chi connectivity index (χ3n) is 12.4. The summed E-state index contributed by atoms with van der Waals surface area (Å²) in [4.78, 5) is 14.9. The smallest absolute Gasteiger partial charge is 0.164 e. The second-order valence-corrected chi connectivity index (χ2v) is 15.9. The average Bonchev–Trinajstić information content (AvgIpc) is 3.88. The molecular weight excluding hydrogens is 755 g/mol. The average molecular weight is 792 g/mol. The fourth-order valence-corrected chi connectivity index (χ4v) is 9.55. The molecule has 1 aliphatic rings. The van der Waals surface area contributed by atoms with Crippen LogP contribution in [-0.2, 0) is 5.41 Å². The molecule has 2 heterocycles. The number of hydrogen-bond donors (Lipinski definition) is 0. The number of fused-ring (bicyclic) bond motifs is 6. The van der Waals surface area contributed by atoms with Crippen molar-refractivity contribution in [2.24, 2.45) is 0 Å². The highest BCUT2D eigenvalue weighted by molar-refractivity contribution is 6.05. The van der Waals surface area contributed by atoms with E-state index in [2.05, 4.69) is 152 Å². The molecule has 0 spiro atoms. The van der Waals surface area contributed by atoms with Crippen LogP contribution in [-0.4, -0.2) is 15.0 Å². The third-order valence-corrected chi connectivity index (χ3v) is 12.4. The van der Waals surface area contributed by atoms with Crippen LogP contribution in [0.2, 0.25) is 0 Å². The van der Waals surface area contributed by atoms with Crippen LogP contribution < -0.4 is 0 Å². The highest BCUT2D eigenvalue weighted by Crippen LogP contribution is 2.56. The molecule has 0 unspecified atom stereocenters. The van der Waals surface area contributed by atoms with E-state index >= 15 is 0 Å². The molecule has 9 aromatic carbocycles. The van der Waals surface area contributed by atoms with E-state index < -0.39 is 5.41 Å². The standard InChI is InChI=1S/C58H37N3O/c1-3-15-39(16-4-1)55-59-56(40-17-5-2-6-18-40)61-57(60-55)44-22-14-21-43(36-44)42-20-13-19-41(35-42)38-29-31-45(32-30-38)58(51-26-10-7-23-47(51)48-24-8-11-27-52(48)58)46-33-34-54-50(37-46)49-25-9-12-28-53(49)62-54/h1-37H. The van der Waals surface area contributed by atoms with Crippen LogP contribution in [0.1, 0.15) is 22.3 Å². The van der Waals surface area contributed by atoms with Crippen molar-refractivity contribution in [1.82, 2.24) is 15.0 Å². The molecule has 62 heavy (non-hydrogen) atoms. The lowest BCUT2D eigenvalue weighted by Gasteiger charge is -2.34. The van der Waals surface area contributed by atoms with Crippen molar-refractivity contribution in [1.29, 1.82) is 0 Å². The Morgan fingerprint density at radius 2 is 0.742 bits per heavy atom. The van der Waals surface area contributed by atoms with Crippen molar-refractivity contribution in [2.75, 3.05) is 0 Å². The van der Waals surface area contributed by atoms with Crippen LogP contribution in [0.25, 0.3) is 89.5 Å². The molecule has 11 aromatic rings. The number of rotatable bonds is 7. The van der Waals surface area contributed by atoms with E-state index in [4.69, 9.17) is 19.4 Å². The molecule has 4 nitrogen and oxygen atoms in total. The van der Waals surface area contributed by atoms with Gasteiger partial charge >= 0.3 is 0 Å². The minimum absolute atomic E-state index is 0.531. The van der Waals surface area contributed by atoms with Crippen molar-refractivity contribution in [2.45, 2.75) is 5.41 Å². The van der Waals surface area contributed by atoms with Gasteiger partial charge in [0.15, 0.2) is 17.5 Å². The zero-order valence-corrected chi connectivity index (χ0v) is 33.6. The zero-order chi connectivity index (χ0) is 41.0. The Bertz CT molecular complexity index is 3360. The maximum Gasteiger partial charge on any atom is 0.164 e. The Morgan fingerprint density at radius 3 is 1.37 bits per heavy atom. The summed E-state index contributed by atoms with van der Waals surface area (Å²) in [6.45, 7) is 0. The number of nitrogens with zero attached hydrogens (tertiary/aromatic N) is 3. The molecule has 12 rings (SSSR count). The van der Waals surface area contributed by atoms with Gasteiger partial charge in [-0.2, -0.15) is 0 Å². The van der Waals surface area contributed by atoms with Crippen molar-refractivity contribution in [3.8, 4) is 67.5 Å². The largest absolute Gasteiger partial charge is 0.456 e. The van der Waals surface area contributed by atoms with Gasteiger partial charge < -0.3 is 4.42 Å². The first kappa shape index (κ1) is 35.7. The molecular formula is C58H37N3O. The molecule has 0 radical (unpaired) electrons. The lowest BCUT2D eigenvalue weighted by Crippen LogP contribution is -2.28. The lowest BCUT2D eigenvalue weighted by atomic mass is 9.67. The molecule has 0 amide bonds. The van der Waals surface area contributed by atoms with Crippen LogP contribution in [0, 0.1) is 0 Å². The van der Waals surface area contributed by atoms with Gasteiger partial charge in [0.1, 0.15) is 11.2 Å². The topological polar surface area (TPSA) is 51.8 Å². The predicted molar refractivity (Wildman–Crippen MR) is 252 cm³/mol. The van der Waals surface area contributed by atoms with Gasteiger partial charge in [-0.1, -0.05) is 194 Å². The van der Waals surface area contributed by atoms with Gasteiger partial charge in [-0.25, -0.2) is 15.0 Å². The Labute approximate surface area is 359 Å². The highest BCUT2D eigenvalue weighted by atomic mass is 16.3. The molecule has 4 heteroatoms. The molecule has 0 N–H and O–H groups in total. The van der Waals surface area contributed by atoms with Gasteiger partial charge in [-0.3, -0.25) is 0 Å². The Kier molecular flexibility index (Phi) is 8.36. The van der Waals surface area contributed by atoms with E-state index in [-0.39, 0.29) is 0 Å². The van der Waals surface area contributed by atoms with E-state index in [0.717, 1.165) is 60.9 Å². The summed E-state index contributed by atoms with van der Waals surface area (Å²) in [5, 5.41) is 2.25. The number of benzene rings is 9. The van der Waals surface area contributed by atoms with Crippen molar-refractivity contribution < 1.29 is 4.42 Å². The molecule has 2 aromatic heterocycles. The molecule has 1 aliphatic carbocycles. The van der Waals surface area contributed by atoms with Crippen LogP contribution in [0.3, 0.4) is 0 Å². The summed E-state index contributed by atoms with van der Waals surface area (Å²) < 4.78 is 6.32. The summed E-state index contributed by atoms with van der Waals surface area (Å²) >= 11 is 0. The number of para-hydroxylation sites is 1. The molecule has 0 bridgehead atoms. The summed E-state index contributed by atoms with van der Waals surface area (Å²) in [5.41, 5.74) is 16.1. The molecule has 0 atom stereocenters. The molecule has 0 saturated carbocycles. The van der Waals surface area contributed by atoms with Gasteiger partial charge in [0.2, 0.25) is 0 Å².